The summed E-state index contributed by atoms with van der Waals surface area (Å²) in [6.07, 6.45) is 1.56. The zero-order valence-corrected chi connectivity index (χ0v) is 16.7. The molecule has 0 radical (unpaired) electrons. The molecule has 2 N–H and O–H groups in total. The first-order valence-corrected chi connectivity index (χ1v) is 9.74. The van der Waals surface area contributed by atoms with Gasteiger partial charge in [-0.05, 0) is 60.5 Å². The summed E-state index contributed by atoms with van der Waals surface area (Å²) < 4.78 is 13.4. The first-order chi connectivity index (χ1) is 14.9. The number of halogens is 1. The molecule has 0 bridgehead atoms. The Labute approximate surface area is 178 Å². The highest BCUT2D eigenvalue weighted by atomic mass is 19.1. The number of aromatic carboxylic acids is 1. The zero-order valence-electron chi connectivity index (χ0n) is 16.7. The van der Waals surface area contributed by atoms with E-state index in [0.29, 0.717) is 16.6 Å². The van der Waals surface area contributed by atoms with E-state index < -0.39 is 5.97 Å². The van der Waals surface area contributed by atoms with E-state index in [2.05, 4.69) is 9.97 Å². The number of fused-ring (bicyclic) bond motifs is 1. The molecular weight excluding hydrogens is 397 g/mol. The van der Waals surface area contributed by atoms with Gasteiger partial charge in [0.1, 0.15) is 5.82 Å². The fraction of sp³-hybridized carbons (Fsp3) is 0.125. The van der Waals surface area contributed by atoms with Crippen molar-refractivity contribution in [3.63, 3.8) is 0 Å². The second-order valence-electron chi connectivity index (χ2n) is 7.30. The third-order valence-electron chi connectivity index (χ3n) is 5.28. The van der Waals surface area contributed by atoms with Gasteiger partial charge in [0.05, 0.1) is 29.0 Å². The molecule has 1 aromatic heterocycles. The van der Waals surface area contributed by atoms with Crippen LogP contribution in [0, 0.1) is 5.82 Å². The number of aromatic nitrogens is 2. The second-order valence-corrected chi connectivity index (χ2v) is 7.30. The molecule has 1 atom stereocenters. The molecule has 31 heavy (non-hydrogen) atoms. The summed E-state index contributed by atoms with van der Waals surface area (Å²) in [5.41, 5.74) is 3.56. The molecule has 7 heteroatoms. The van der Waals surface area contributed by atoms with Gasteiger partial charge in [-0.25, -0.2) is 14.2 Å². The minimum Gasteiger partial charge on any atom is -0.478 e. The Morgan fingerprint density at radius 3 is 2.58 bits per heavy atom. The molecule has 0 aliphatic heterocycles. The van der Waals surface area contributed by atoms with Crippen LogP contribution < -0.4 is 0 Å². The third-order valence-corrected chi connectivity index (χ3v) is 5.28. The summed E-state index contributed by atoms with van der Waals surface area (Å²) in [5.74, 6) is -1.62. The molecule has 1 heterocycles. The highest BCUT2D eigenvalue weighted by molar-refractivity contribution is 5.97. The van der Waals surface area contributed by atoms with E-state index in [1.165, 1.54) is 18.2 Å². The minimum absolute atomic E-state index is 0.150. The summed E-state index contributed by atoms with van der Waals surface area (Å²) in [5, 5.41) is 9.30. The zero-order chi connectivity index (χ0) is 22.0. The van der Waals surface area contributed by atoms with Crippen molar-refractivity contribution in [1.82, 2.24) is 14.9 Å². The van der Waals surface area contributed by atoms with E-state index in [4.69, 9.17) is 0 Å². The minimum atomic E-state index is -1.03. The van der Waals surface area contributed by atoms with Crippen molar-refractivity contribution in [2.24, 2.45) is 0 Å². The van der Waals surface area contributed by atoms with Crippen LogP contribution in [0.2, 0.25) is 0 Å². The van der Waals surface area contributed by atoms with Crippen LogP contribution in [0.25, 0.3) is 11.0 Å². The summed E-state index contributed by atoms with van der Waals surface area (Å²) in [7, 11) is 0. The van der Waals surface area contributed by atoms with Gasteiger partial charge in [0.2, 0.25) is 0 Å². The number of nitrogens with one attached hydrogen (secondary N) is 1. The van der Waals surface area contributed by atoms with Crippen molar-refractivity contribution in [3.8, 4) is 0 Å². The van der Waals surface area contributed by atoms with E-state index in [9.17, 15) is 19.1 Å². The molecule has 0 saturated heterocycles. The molecule has 1 unspecified atom stereocenters. The molecule has 4 aromatic rings. The lowest BCUT2D eigenvalue weighted by Crippen LogP contribution is -2.33. The van der Waals surface area contributed by atoms with Gasteiger partial charge in [-0.15, -0.1) is 0 Å². The van der Waals surface area contributed by atoms with E-state index in [-0.39, 0.29) is 29.9 Å². The predicted molar refractivity (Wildman–Crippen MR) is 114 cm³/mol. The van der Waals surface area contributed by atoms with Crippen LogP contribution in [0.3, 0.4) is 0 Å². The number of benzene rings is 3. The SMILES string of the molecule is CC(c1ccc(F)cc1)N(Cc1cccc(C(=O)O)c1)C(=O)c1ccc2[nH]cnc2c1. The van der Waals surface area contributed by atoms with Crippen LogP contribution in [0.15, 0.2) is 73.1 Å². The van der Waals surface area contributed by atoms with Crippen molar-refractivity contribution in [1.29, 1.82) is 0 Å². The van der Waals surface area contributed by atoms with Crippen LogP contribution in [0.4, 0.5) is 4.39 Å². The molecule has 0 aliphatic rings. The van der Waals surface area contributed by atoms with Gasteiger partial charge < -0.3 is 15.0 Å². The number of hydrogen-bond acceptors (Lipinski definition) is 3. The van der Waals surface area contributed by atoms with Crippen LogP contribution in [-0.4, -0.2) is 31.9 Å². The number of carboxylic acids is 1. The average Bonchev–Trinajstić information content (AvgIpc) is 3.25. The summed E-state index contributed by atoms with van der Waals surface area (Å²) in [6.45, 7) is 2.05. The fourth-order valence-corrected chi connectivity index (χ4v) is 3.54. The van der Waals surface area contributed by atoms with Crippen molar-refractivity contribution in [2.45, 2.75) is 19.5 Å². The predicted octanol–water partition coefficient (Wildman–Crippen LogP) is 4.80. The third kappa shape index (κ3) is 4.30. The highest BCUT2D eigenvalue weighted by Crippen LogP contribution is 2.26. The Balaban J connectivity index is 1.72. The maximum atomic E-state index is 13.5. The molecule has 0 saturated carbocycles. The van der Waals surface area contributed by atoms with Crippen LogP contribution in [-0.2, 0) is 6.54 Å². The summed E-state index contributed by atoms with van der Waals surface area (Å²) >= 11 is 0. The maximum Gasteiger partial charge on any atom is 0.335 e. The van der Waals surface area contributed by atoms with Gasteiger partial charge in [0.15, 0.2) is 0 Å². The van der Waals surface area contributed by atoms with Gasteiger partial charge in [0.25, 0.3) is 5.91 Å². The number of H-pyrrole nitrogens is 1. The molecule has 156 valence electrons. The van der Waals surface area contributed by atoms with Gasteiger partial charge >= 0.3 is 5.97 Å². The fourth-order valence-electron chi connectivity index (χ4n) is 3.54. The lowest BCUT2D eigenvalue weighted by Gasteiger charge is -2.30. The van der Waals surface area contributed by atoms with E-state index in [1.807, 2.05) is 6.92 Å². The van der Waals surface area contributed by atoms with Gasteiger partial charge in [0, 0.05) is 12.1 Å². The van der Waals surface area contributed by atoms with E-state index >= 15 is 0 Å². The Hall–Kier alpha value is -4.00. The molecule has 6 nitrogen and oxygen atoms in total. The van der Waals surface area contributed by atoms with Gasteiger partial charge in [-0.3, -0.25) is 4.79 Å². The average molecular weight is 417 g/mol. The number of hydrogen-bond donors (Lipinski definition) is 2. The Kier molecular flexibility index (Phi) is 5.49. The number of carboxylic acid groups (broad SMARTS) is 1. The van der Waals surface area contributed by atoms with Gasteiger partial charge in [-0.1, -0.05) is 24.3 Å². The molecular formula is C24H20FN3O3. The van der Waals surface area contributed by atoms with Crippen molar-refractivity contribution < 1.29 is 19.1 Å². The number of rotatable bonds is 6. The quantitative estimate of drug-likeness (QED) is 0.472. The largest absolute Gasteiger partial charge is 0.478 e. The first-order valence-electron chi connectivity index (χ1n) is 9.74. The Bertz CT molecular complexity index is 1250. The number of nitrogens with zero attached hydrogens (tertiary/aromatic N) is 2. The number of aromatic amines is 1. The van der Waals surface area contributed by atoms with Gasteiger partial charge in [-0.2, -0.15) is 0 Å². The number of carbonyl (C=O) groups excluding carboxylic acids is 1. The van der Waals surface area contributed by atoms with Crippen molar-refractivity contribution >= 4 is 22.9 Å². The smallest absolute Gasteiger partial charge is 0.335 e. The molecule has 0 fully saturated rings. The lowest BCUT2D eigenvalue weighted by molar-refractivity contribution is 0.0674. The standard InChI is InChI=1S/C24H20FN3O3/c1-15(17-5-8-20(25)9-6-17)28(13-16-3-2-4-19(11-16)24(30)31)23(29)18-7-10-21-22(12-18)27-14-26-21/h2-12,14-15H,13H2,1H3,(H,26,27)(H,30,31). The summed E-state index contributed by atoms with van der Waals surface area (Å²) in [4.78, 5) is 33.7. The van der Waals surface area contributed by atoms with Crippen LogP contribution >= 0.6 is 0 Å². The van der Waals surface area contributed by atoms with Crippen LogP contribution in [0.5, 0.6) is 0 Å². The molecule has 0 aliphatic carbocycles. The molecule has 1 amide bonds. The lowest BCUT2D eigenvalue weighted by atomic mass is 10.0. The van der Waals surface area contributed by atoms with E-state index in [0.717, 1.165) is 11.1 Å². The highest BCUT2D eigenvalue weighted by Gasteiger charge is 2.24. The molecule has 4 rings (SSSR count). The molecule has 0 spiro atoms. The van der Waals surface area contributed by atoms with E-state index in [1.54, 1.807) is 59.8 Å². The second kappa shape index (κ2) is 8.39. The Morgan fingerprint density at radius 1 is 1.06 bits per heavy atom. The number of imidazole rings is 1. The monoisotopic (exact) mass is 417 g/mol. The topological polar surface area (TPSA) is 86.3 Å². The number of amides is 1. The first kappa shape index (κ1) is 20.3. The van der Waals surface area contributed by atoms with Crippen molar-refractivity contribution in [3.05, 3.63) is 101 Å². The maximum absolute atomic E-state index is 13.5. The van der Waals surface area contributed by atoms with Crippen molar-refractivity contribution in [2.75, 3.05) is 0 Å². The normalized spacial score (nSPS) is 11.9. The number of carbonyl (C=O) groups is 2. The van der Waals surface area contributed by atoms with Crippen LogP contribution in [0.1, 0.15) is 44.8 Å². The molecule has 3 aromatic carbocycles. The summed E-state index contributed by atoms with van der Waals surface area (Å²) in [6, 6.07) is 17.3. The Morgan fingerprint density at radius 2 is 1.84 bits per heavy atom.